The topological polar surface area (TPSA) is 52.6 Å². The van der Waals surface area contributed by atoms with Crippen LogP contribution in [0.2, 0.25) is 0 Å². The highest BCUT2D eigenvalue weighted by atomic mass is 16.3. The van der Waals surface area contributed by atoms with Crippen molar-refractivity contribution in [1.82, 2.24) is 5.32 Å². The first-order valence-electron chi connectivity index (χ1n) is 6.85. The van der Waals surface area contributed by atoms with Crippen molar-refractivity contribution in [1.29, 1.82) is 0 Å². The molecule has 0 bridgehead atoms. The lowest BCUT2D eigenvalue weighted by Gasteiger charge is -2.14. The Hall–Kier alpha value is -2.33. The van der Waals surface area contributed by atoms with E-state index in [0.29, 0.717) is 12.1 Å². The molecule has 2 aromatic carbocycles. The fraction of sp³-hybridized carbons (Fsp3) is 0.235. The van der Waals surface area contributed by atoms with Crippen molar-refractivity contribution in [3.63, 3.8) is 0 Å². The van der Waals surface area contributed by atoms with Gasteiger partial charge in [0.15, 0.2) is 0 Å². The van der Waals surface area contributed by atoms with Crippen molar-refractivity contribution in [2.24, 2.45) is 0 Å². The number of aliphatic hydroxyl groups excluding tert-OH is 1. The Labute approximate surface area is 125 Å². The summed E-state index contributed by atoms with van der Waals surface area (Å²) in [5, 5.41) is 12.2. The molecule has 1 amide bonds. The number of rotatable bonds is 5. The molecule has 0 saturated heterocycles. The normalized spacial score (nSPS) is 10.2. The van der Waals surface area contributed by atoms with Crippen molar-refractivity contribution < 1.29 is 9.90 Å². The summed E-state index contributed by atoms with van der Waals surface area (Å²) in [6.07, 6.45) is 0. The summed E-state index contributed by atoms with van der Waals surface area (Å²) in [5.74, 6) is -0.119. The van der Waals surface area contributed by atoms with Crippen LogP contribution >= 0.6 is 0 Å². The molecule has 4 heteroatoms. The molecule has 0 aliphatic heterocycles. The fourth-order valence-corrected chi connectivity index (χ4v) is 2.09. The number of nitrogens with zero attached hydrogens (tertiary/aromatic N) is 1. The molecule has 110 valence electrons. The number of aliphatic hydroxyl groups is 1. The van der Waals surface area contributed by atoms with Crippen LogP contribution in [0, 0.1) is 0 Å². The van der Waals surface area contributed by atoms with E-state index < -0.39 is 0 Å². The van der Waals surface area contributed by atoms with Crippen LogP contribution in [0.25, 0.3) is 0 Å². The highest BCUT2D eigenvalue weighted by Gasteiger charge is 2.08. The van der Waals surface area contributed by atoms with Gasteiger partial charge in [0, 0.05) is 31.9 Å². The summed E-state index contributed by atoms with van der Waals surface area (Å²) in [4.78, 5) is 14.2. The Morgan fingerprint density at radius 1 is 1.10 bits per heavy atom. The summed E-state index contributed by atoms with van der Waals surface area (Å²) < 4.78 is 0. The maximum Gasteiger partial charge on any atom is 0.251 e. The molecule has 0 fully saturated rings. The average Bonchev–Trinajstić information content (AvgIpc) is 2.52. The number of hydrogen-bond donors (Lipinski definition) is 2. The molecule has 0 aromatic heterocycles. The number of benzene rings is 2. The Morgan fingerprint density at radius 3 is 2.48 bits per heavy atom. The van der Waals surface area contributed by atoms with Gasteiger partial charge >= 0.3 is 0 Å². The van der Waals surface area contributed by atoms with Crippen LogP contribution < -0.4 is 10.2 Å². The molecule has 0 aliphatic carbocycles. The number of amides is 1. The maximum atomic E-state index is 12.2. The van der Waals surface area contributed by atoms with Gasteiger partial charge in [-0.3, -0.25) is 4.79 Å². The predicted molar refractivity (Wildman–Crippen MR) is 84.3 cm³/mol. The second-order valence-corrected chi connectivity index (χ2v) is 5.05. The third-order valence-corrected chi connectivity index (χ3v) is 3.35. The summed E-state index contributed by atoms with van der Waals surface area (Å²) in [6, 6.07) is 15.0. The Kier molecular flexibility index (Phi) is 4.95. The second-order valence-electron chi connectivity index (χ2n) is 5.05. The van der Waals surface area contributed by atoms with Gasteiger partial charge in [-0.25, -0.2) is 0 Å². The van der Waals surface area contributed by atoms with Crippen molar-refractivity contribution in [3.8, 4) is 0 Å². The SMILES string of the molecule is CN(C)c1cccc(C(=O)NCc2ccccc2CO)c1. The predicted octanol–water partition coefficient (Wildman–Crippen LogP) is 2.17. The van der Waals surface area contributed by atoms with Gasteiger partial charge < -0.3 is 15.3 Å². The molecule has 2 rings (SSSR count). The standard InChI is InChI=1S/C17H20N2O2/c1-19(2)16-9-5-8-13(10-16)17(21)18-11-14-6-3-4-7-15(14)12-20/h3-10,20H,11-12H2,1-2H3,(H,18,21). The van der Waals surface area contributed by atoms with Crippen LogP contribution in [-0.4, -0.2) is 25.1 Å². The molecule has 2 aromatic rings. The second kappa shape index (κ2) is 6.90. The Bertz CT molecular complexity index is 624. The van der Waals surface area contributed by atoms with Gasteiger partial charge in [-0.2, -0.15) is 0 Å². The number of carbonyl (C=O) groups is 1. The van der Waals surface area contributed by atoms with E-state index in [4.69, 9.17) is 0 Å². The molecule has 4 nitrogen and oxygen atoms in total. The third kappa shape index (κ3) is 3.83. The van der Waals surface area contributed by atoms with E-state index in [9.17, 15) is 9.90 Å². The minimum atomic E-state index is -0.119. The summed E-state index contributed by atoms with van der Waals surface area (Å²) in [7, 11) is 3.88. The van der Waals surface area contributed by atoms with Crippen molar-refractivity contribution in [2.75, 3.05) is 19.0 Å². The molecule has 2 N–H and O–H groups in total. The van der Waals surface area contributed by atoms with Crippen molar-refractivity contribution >= 4 is 11.6 Å². The molecule has 0 heterocycles. The van der Waals surface area contributed by atoms with Crippen LogP contribution in [0.4, 0.5) is 5.69 Å². The van der Waals surface area contributed by atoms with Crippen LogP contribution in [-0.2, 0) is 13.2 Å². The zero-order valence-electron chi connectivity index (χ0n) is 12.3. The molecular weight excluding hydrogens is 264 g/mol. The van der Waals surface area contributed by atoms with Gasteiger partial charge in [0.2, 0.25) is 0 Å². The van der Waals surface area contributed by atoms with Crippen LogP contribution in [0.3, 0.4) is 0 Å². The molecule has 0 spiro atoms. The smallest absolute Gasteiger partial charge is 0.251 e. The lowest BCUT2D eigenvalue weighted by atomic mass is 10.1. The molecular formula is C17H20N2O2. The lowest BCUT2D eigenvalue weighted by molar-refractivity contribution is 0.0950. The Balaban J connectivity index is 2.06. The van der Waals surface area contributed by atoms with Crippen LogP contribution in [0.15, 0.2) is 48.5 Å². The lowest BCUT2D eigenvalue weighted by Crippen LogP contribution is -2.23. The number of nitrogens with one attached hydrogen (secondary N) is 1. The number of carbonyl (C=O) groups excluding carboxylic acids is 1. The largest absolute Gasteiger partial charge is 0.392 e. The average molecular weight is 284 g/mol. The summed E-state index contributed by atoms with van der Waals surface area (Å²) in [6.45, 7) is 0.379. The highest BCUT2D eigenvalue weighted by Crippen LogP contribution is 2.14. The van der Waals surface area contributed by atoms with E-state index in [2.05, 4.69) is 5.32 Å². The molecule has 0 unspecified atom stereocenters. The van der Waals surface area contributed by atoms with Gasteiger partial charge in [-0.15, -0.1) is 0 Å². The van der Waals surface area contributed by atoms with Crippen molar-refractivity contribution in [2.45, 2.75) is 13.2 Å². The third-order valence-electron chi connectivity index (χ3n) is 3.35. The summed E-state index contributed by atoms with van der Waals surface area (Å²) in [5.41, 5.74) is 3.37. The van der Waals surface area contributed by atoms with E-state index >= 15 is 0 Å². The first-order valence-corrected chi connectivity index (χ1v) is 6.85. The molecule has 0 aliphatic rings. The molecule has 0 atom stereocenters. The monoisotopic (exact) mass is 284 g/mol. The van der Waals surface area contributed by atoms with Crippen LogP contribution in [0.5, 0.6) is 0 Å². The molecule has 0 saturated carbocycles. The Morgan fingerprint density at radius 2 is 1.81 bits per heavy atom. The maximum absolute atomic E-state index is 12.2. The first kappa shape index (κ1) is 15.1. The van der Waals surface area contributed by atoms with E-state index in [0.717, 1.165) is 16.8 Å². The zero-order valence-corrected chi connectivity index (χ0v) is 12.3. The van der Waals surface area contributed by atoms with E-state index in [-0.39, 0.29) is 12.5 Å². The minimum Gasteiger partial charge on any atom is -0.392 e. The van der Waals surface area contributed by atoms with E-state index in [1.54, 1.807) is 6.07 Å². The quantitative estimate of drug-likeness (QED) is 0.885. The molecule has 0 radical (unpaired) electrons. The van der Waals surface area contributed by atoms with Crippen LogP contribution in [0.1, 0.15) is 21.5 Å². The van der Waals surface area contributed by atoms with Gasteiger partial charge in [-0.1, -0.05) is 30.3 Å². The summed E-state index contributed by atoms with van der Waals surface area (Å²) >= 11 is 0. The van der Waals surface area contributed by atoms with E-state index in [1.807, 2.05) is 61.5 Å². The minimum absolute atomic E-state index is 0.0256. The van der Waals surface area contributed by atoms with Gasteiger partial charge in [0.05, 0.1) is 6.61 Å². The number of hydrogen-bond acceptors (Lipinski definition) is 3. The van der Waals surface area contributed by atoms with Gasteiger partial charge in [0.1, 0.15) is 0 Å². The fourth-order valence-electron chi connectivity index (χ4n) is 2.09. The highest BCUT2D eigenvalue weighted by molar-refractivity contribution is 5.95. The van der Waals surface area contributed by atoms with Gasteiger partial charge in [-0.05, 0) is 29.3 Å². The zero-order chi connectivity index (χ0) is 15.2. The first-order chi connectivity index (χ1) is 10.1. The number of anilines is 1. The molecule has 21 heavy (non-hydrogen) atoms. The van der Waals surface area contributed by atoms with E-state index in [1.165, 1.54) is 0 Å². The van der Waals surface area contributed by atoms with Gasteiger partial charge in [0.25, 0.3) is 5.91 Å². The van der Waals surface area contributed by atoms with Crippen molar-refractivity contribution in [3.05, 3.63) is 65.2 Å².